The zero-order valence-electron chi connectivity index (χ0n) is 22.9. The van der Waals surface area contributed by atoms with E-state index in [1.54, 1.807) is 0 Å². The lowest BCUT2D eigenvalue weighted by Crippen LogP contribution is -2.65. The van der Waals surface area contributed by atoms with Crippen LogP contribution in [0.25, 0.3) is 4.85 Å². The van der Waals surface area contributed by atoms with Crippen LogP contribution in [-0.4, -0.2) is 17.6 Å². The van der Waals surface area contributed by atoms with E-state index in [1.807, 2.05) is 26.0 Å². The highest BCUT2D eigenvalue weighted by atomic mass is 19.1. The fraction of sp³-hybridized carbons (Fsp3) is 0.742. The number of allylic oxidation sites excluding steroid dienone is 4. The zero-order chi connectivity index (χ0) is 26.7. The fourth-order valence-corrected chi connectivity index (χ4v) is 9.94. The van der Waals surface area contributed by atoms with Crippen LogP contribution < -0.4 is 0 Å². The van der Waals surface area contributed by atoms with E-state index >= 15 is 0 Å². The van der Waals surface area contributed by atoms with E-state index in [-0.39, 0.29) is 39.9 Å². The highest BCUT2D eigenvalue weighted by Gasteiger charge is 2.70. The van der Waals surface area contributed by atoms with Crippen LogP contribution in [0.15, 0.2) is 23.4 Å². The first-order chi connectivity index (χ1) is 16.5. The second-order valence-corrected chi connectivity index (χ2v) is 14.7. The van der Waals surface area contributed by atoms with E-state index in [0.29, 0.717) is 25.7 Å². The van der Waals surface area contributed by atoms with Crippen molar-refractivity contribution in [2.45, 2.75) is 93.4 Å². The van der Waals surface area contributed by atoms with Gasteiger partial charge in [-0.1, -0.05) is 60.1 Å². The standard InChI is InChI=1S/C31H40FNO3/c1-26(2)11-13-31(25(32)36)14-12-30(7)23(18(31)16-26)20(34)15-22-28(5)17-19(33-8)24(35)27(3,4)21(28)9-10-29(22,30)6/h15,17-18,21,23H,9-14,16H2,1-7H3/t18-,21-,23-,28-,29+,30+,31-/m0/s1. The summed E-state index contributed by atoms with van der Waals surface area (Å²) in [5.41, 5.74) is -1.92. The molecule has 4 nitrogen and oxygen atoms in total. The molecule has 0 saturated heterocycles. The van der Waals surface area contributed by atoms with E-state index in [4.69, 9.17) is 6.57 Å². The third kappa shape index (κ3) is 2.88. The lowest BCUT2D eigenvalue weighted by molar-refractivity contribution is -0.183. The topological polar surface area (TPSA) is 55.6 Å². The molecule has 0 aromatic heterocycles. The Balaban J connectivity index is 1.71. The number of carbonyl (C=O) groups excluding carboxylic acids is 3. The Bertz CT molecular complexity index is 1190. The number of hydrogen-bond acceptors (Lipinski definition) is 3. The summed E-state index contributed by atoms with van der Waals surface area (Å²) in [6.45, 7) is 22.5. The average Bonchev–Trinajstić information content (AvgIpc) is 2.77. The molecule has 36 heavy (non-hydrogen) atoms. The Morgan fingerprint density at radius 1 is 1.00 bits per heavy atom. The quantitative estimate of drug-likeness (QED) is 0.290. The second-order valence-electron chi connectivity index (χ2n) is 14.7. The number of ketones is 2. The average molecular weight is 494 g/mol. The van der Waals surface area contributed by atoms with Gasteiger partial charge in [-0.3, -0.25) is 9.59 Å². The maximum atomic E-state index is 14.9. The van der Waals surface area contributed by atoms with Gasteiger partial charge in [-0.25, -0.2) is 4.85 Å². The molecule has 0 bridgehead atoms. The van der Waals surface area contributed by atoms with Gasteiger partial charge in [-0.2, -0.15) is 4.39 Å². The molecule has 0 aliphatic heterocycles. The number of carbonyl (C=O) groups is 3. The van der Waals surface area contributed by atoms with Gasteiger partial charge in [0.1, 0.15) is 0 Å². The van der Waals surface area contributed by atoms with Gasteiger partial charge in [0, 0.05) is 16.7 Å². The molecule has 0 heterocycles. The van der Waals surface area contributed by atoms with Gasteiger partial charge in [0.15, 0.2) is 11.6 Å². The molecule has 0 radical (unpaired) electrons. The molecule has 5 aliphatic rings. The fourth-order valence-electron chi connectivity index (χ4n) is 9.94. The van der Waals surface area contributed by atoms with Crippen LogP contribution in [0.1, 0.15) is 93.4 Å². The van der Waals surface area contributed by atoms with Crippen LogP contribution in [0.3, 0.4) is 0 Å². The van der Waals surface area contributed by atoms with E-state index in [9.17, 15) is 18.8 Å². The molecular weight excluding hydrogens is 453 g/mol. The Morgan fingerprint density at radius 2 is 1.64 bits per heavy atom. The van der Waals surface area contributed by atoms with Crippen molar-refractivity contribution >= 4 is 17.6 Å². The summed E-state index contributed by atoms with van der Waals surface area (Å²) >= 11 is 0. The van der Waals surface area contributed by atoms with Crippen molar-refractivity contribution in [1.29, 1.82) is 0 Å². The van der Waals surface area contributed by atoms with Gasteiger partial charge < -0.3 is 4.79 Å². The third-order valence-corrected chi connectivity index (χ3v) is 12.2. The summed E-state index contributed by atoms with van der Waals surface area (Å²) in [4.78, 5) is 43.5. The summed E-state index contributed by atoms with van der Waals surface area (Å²) < 4.78 is 14.9. The SMILES string of the molecule is [C-]#[N+]C1=C[C@]2(C)C3=CC(=O)[C@@H]4[C@@H]5CC(C)(C)CC[C@]5(C(=O)F)CC[C@@]4(C)[C@]3(C)CC[C@H]2C(C)(C)C1=O. The molecule has 5 heteroatoms. The van der Waals surface area contributed by atoms with E-state index < -0.39 is 33.6 Å². The molecule has 0 unspecified atom stereocenters. The van der Waals surface area contributed by atoms with Gasteiger partial charge in [0.25, 0.3) is 0 Å². The van der Waals surface area contributed by atoms with Gasteiger partial charge in [0.05, 0.1) is 12.0 Å². The van der Waals surface area contributed by atoms with Crippen molar-refractivity contribution < 1.29 is 18.8 Å². The van der Waals surface area contributed by atoms with E-state index in [0.717, 1.165) is 24.8 Å². The molecule has 7 atom stereocenters. The van der Waals surface area contributed by atoms with Crippen molar-refractivity contribution in [2.24, 2.45) is 50.2 Å². The van der Waals surface area contributed by atoms with Crippen LogP contribution in [0.2, 0.25) is 0 Å². The van der Waals surface area contributed by atoms with Gasteiger partial charge >= 0.3 is 6.04 Å². The van der Waals surface area contributed by atoms with Crippen LogP contribution in [0.4, 0.5) is 4.39 Å². The smallest absolute Gasteiger partial charge is 0.307 e. The number of fused-ring (bicyclic) bond motifs is 7. The van der Waals surface area contributed by atoms with Crippen LogP contribution in [0, 0.1) is 56.8 Å². The van der Waals surface area contributed by atoms with E-state index in [1.165, 1.54) is 0 Å². The molecular formula is C31H40FNO3. The number of rotatable bonds is 1. The number of Topliss-reactive ketones (excluding diaryl/α,β-unsaturated/α-hetero) is 1. The molecule has 194 valence electrons. The van der Waals surface area contributed by atoms with Crippen molar-refractivity contribution in [1.82, 2.24) is 0 Å². The Morgan fingerprint density at radius 3 is 2.25 bits per heavy atom. The minimum atomic E-state index is -1.23. The number of hydrogen-bond donors (Lipinski definition) is 0. The Labute approximate surface area is 215 Å². The monoisotopic (exact) mass is 493 g/mol. The highest BCUT2D eigenvalue weighted by Crippen LogP contribution is 2.74. The Hall–Kier alpha value is -2.09. The maximum Gasteiger partial charge on any atom is 0.307 e. The van der Waals surface area contributed by atoms with Crippen LogP contribution in [-0.2, 0) is 14.4 Å². The van der Waals surface area contributed by atoms with Crippen molar-refractivity contribution in [3.63, 3.8) is 0 Å². The molecule has 3 saturated carbocycles. The normalized spacial score (nSPS) is 46.7. The van der Waals surface area contributed by atoms with E-state index in [2.05, 4.69) is 39.5 Å². The first kappa shape index (κ1) is 25.6. The maximum absolute atomic E-state index is 14.9. The minimum absolute atomic E-state index is 0.000935. The molecule has 0 N–H and O–H groups in total. The van der Waals surface area contributed by atoms with Crippen LogP contribution >= 0.6 is 0 Å². The van der Waals surface area contributed by atoms with Gasteiger partial charge in [0.2, 0.25) is 5.70 Å². The van der Waals surface area contributed by atoms with Crippen molar-refractivity contribution in [3.05, 3.63) is 34.8 Å². The molecule has 5 rings (SSSR count). The zero-order valence-corrected chi connectivity index (χ0v) is 22.9. The Kier molecular flexibility index (Phi) is 5.16. The summed E-state index contributed by atoms with van der Waals surface area (Å²) in [5.74, 6) is -0.805. The molecule has 0 amide bonds. The summed E-state index contributed by atoms with van der Waals surface area (Å²) in [5, 5.41) is 0. The second kappa shape index (κ2) is 7.27. The third-order valence-electron chi connectivity index (χ3n) is 12.2. The summed E-state index contributed by atoms with van der Waals surface area (Å²) in [6, 6.07) is -1.23. The van der Waals surface area contributed by atoms with Crippen LogP contribution in [0.5, 0.6) is 0 Å². The molecule has 0 spiro atoms. The summed E-state index contributed by atoms with van der Waals surface area (Å²) in [6.07, 6.45) is 8.42. The molecule has 3 fully saturated rings. The van der Waals surface area contributed by atoms with Crippen molar-refractivity contribution in [2.75, 3.05) is 0 Å². The molecule has 0 aromatic carbocycles. The number of nitrogens with zero attached hydrogens (tertiary/aromatic N) is 1. The lowest BCUT2D eigenvalue weighted by Gasteiger charge is -2.68. The predicted molar refractivity (Wildman–Crippen MR) is 136 cm³/mol. The van der Waals surface area contributed by atoms with Crippen molar-refractivity contribution in [3.8, 4) is 0 Å². The summed E-state index contributed by atoms with van der Waals surface area (Å²) in [7, 11) is 0. The molecule has 0 aromatic rings. The first-order valence-electron chi connectivity index (χ1n) is 13.6. The van der Waals surface area contributed by atoms with Gasteiger partial charge in [-0.05, 0) is 79.1 Å². The van der Waals surface area contributed by atoms with Gasteiger partial charge in [-0.15, -0.1) is 0 Å². The largest absolute Gasteiger partial charge is 0.307 e. The lowest BCUT2D eigenvalue weighted by atomic mass is 9.34. The predicted octanol–water partition coefficient (Wildman–Crippen LogP) is 7.06. The highest BCUT2D eigenvalue weighted by molar-refractivity contribution is 6.03. The minimum Gasteiger partial charge on any atom is -0.307 e. The number of halogens is 1. The first-order valence-corrected chi connectivity index (χ1v) is 13.6. The molecule has 5 aliphatic carbocycles.